The molecule has 6 fully saturated rings. The standard InChI is InChI=1S/C32H47NO3/c1-19-23-11-12-24-27-28(35)29-25(10-9-22(36-29)18-33-17-21-7-5-4-6-8-21)30(27,3)15-16-32(24)20(2)31(23,32)14-13-26(19)34/h4-8,19-20,22-29,33-35H,9-18H2,1-3H3/t19?,20?,22-,23?,24?,25?,26?,27?,28-,29?,30?,31?,32?/m1/s1. The molecule has 36 heavy (non-hydrogen) atoms. The first-order valence-electron chi connectivity index (χ1n) is 15.1. The number of aliphatic hydroxyl groups excluding tert-OH is 2. The molecule has 11 unspecified atom stereocenters. The number of aliphatic hydroxyl groups is 2. The van der Waals surface area contributed by atoms with Gasteiger partial charge in [-0.05, 0) is 109 Å². The van der Waals surface area contributed by atoms with E-state index in [9.17, 15) is 10.2 Å². The summed E-state index contributed by atoms with van der Waals surface area (Å²) in [7, 11) is 0. The molecule has 1 heterocycles. The lowest BCUT2D eigenvalue weighted by atomic mass is 9.48. The van der Waals surface area contributed by atoms with Crippen molar-refractivity contribution in [3.05, 3.63) is 35.9 Å². The highest BCUT2D eigenvalue weighted by molar-refractivity contribution is 5.32. The summed E-state index contributed by atoms with van der Waals surface area (Å²) in [4.78, 5) is 0. The van der Waals surface area contributed by atoms with Crippen molar-refractivity contribution in [3.8, 4) is 0 Å². The Morgan fingerprint density at radius 1 is 0.889 bits per heavy atom. The minimum atomic E-state index is -0.327. The summed E-state index contributed by atoms with van der Waals surface area (Å²) in [5.41, 5.74) is 2.34. The maximum Gasteiger partial charge on any atom is 0.0874 e. The van der Waals surface area contributed by atoms with Crippen molar-refractivity contribution in [2.75, 3.05) is 6.54 Å². The van der Waals surface area contributed by atoms with Gasteiger partial charge in [-0.1, -0.05) is 51.1 Å². The Kier molecular flexibility index (Phi) is 5.55. The second kappa shape index (κ2) is 8.28. The van der Waals surface area contributed by atoms with Crippen LogP contribution in [0.25, 0.3) is 0 Å². The number of fused-ring (bicyclic) bond motifs is 4. The molecule has 0 aromatic heterocycles. The van der Waals surface area contributed by atoms with Crippen LogP contribution in [0.3, 0.4) is 0 Å². The number of rotatable bonds is 4. The Bertz CT molecular complexity index is 985. The second-order valence-corrected chi connectivity index (χ2v) is 14.1. The average Bonchev–Trinajstić information content (AvgIpc) is 3.33. The van der Waals surface area contributed by atoms with Crippen LogP contribution >= 0.6 is 0 Å². The van der Waals surface area contributed by atoms with Crippen molar-refractivity contribution in [3.63, 3.8) is 0 Å². The average molecular weight is 494 g/mol. The zero-order valence-corrected chi connectivity index (χ0v) is 22.5. The summed E-state index contributed by atoms with van der Waals surface area (Å²) in [5, 5.41) is 26.3. The molecule has 5 saturated carbocycles. The lowest BCUT2D eigenvalue weighted by molar-refractivity contribution is -0.123. The molecule has 7 rings (SSSR count). The van der Waals surface area contributed by atoms with Crippen molar-refractivity contribution in [2.24, 2.45) is 51.8 Å². The summed E-state index contributed by atoms with van der Waals surface area (Å²) in [6.07, 6.45) is 9.32. The first kappa shape index (κ1) is 24.1. The Hall–Kier alpha value is -0.940. The number of ether oxygens (including phenoxy) is 1. The van der Waals surface area contributed by atoms with E-state index in [0.29, 0.717) is 40.4 Å². The topological polar surface area (TPSA) is 61.7 Å². The highest BCUT2D eigenvalue weighted by atomic mass is 16.5. The van der Waals surface area contributed by atoms with Gasteiger partial charge in [-0.2, -0.15) is 0 Å². The zero-order chi connectivity index (χ0) is 24.9. The molecule has 3 N–H and O–H groups in total. The van der Waals surface area contributed by atoms with Crippen molar-refractivity contribution < 1.29 is 14.9 Å². The third-order valence-electron chi connectivity index (χ3n) is 13.4. The van der Waals surface area contributed by atoms with Gasteiger partial charge < -0.3 is 20.3 Å². The maximum absolute atomic E-state index is 12.0. The van der Waals surface area contributed by atoms with Crippen molar-refractivity contribution >= 4 is 0 Å². The smallest absolute Gasteiger partial charge is 0.0874 e. The van der Waals surface area contributed by atoms with Gasteiger partial charge in [-0.25, -0.2) is 0 Å². The predicted octanol–water partition coefficient (Wildman–Crippen LogP) is 5.17. The van der Waals surface area contributed by atoms with Crippen LogP contribution in [0, 0.1) is 51.8 Å². The van der Waals surface area contributed by atoms with E-state index >= 15 is 0 Å². The van der Waals surface area contributed by atoms with Gasteiger partial charge in [0.1, 0.15) is 0 Å². The van der Waals surface area contributed by atoms with Gasteiger partial charge in [-0.15, -0.1) is 0 Å². The third-order valence-corrected chi connectivity index (χ3v) is 13.4. The molecule has 6 aliphatic rings. The second-order valence-electron chi connectivity index (χ2n) is 14.1. The van der Waals surface area contributed by atoms with Crippen LogP contribution in [0.2, 0.25) is 0 Å². The zero-order valence-electron chi connectivity index (χ0n) is 22.5. The van der Waals surface area contributed by atoms with Crippen LogP contribution in [0.5, 0.6) is 0 Å². The number of hydrogen-bond acceptors (Lipinski definition) is 4. The van der Waals surface area contributed by atoms with Gasteiger partial charge in [0.25, 0.3) is 0 Å². The minimum Gasteiger partial charge on any atom is -0.393 e. The van der Waals surface area contributed by atoms with E-state index in [1.54, 1.807) is 0 Å². The monoisotopic (exact) mass is 493 g/mol. The van der Waals surface area contributed by atoms with Gasteiger partial charge in [-0.3, -0.25) is 0 Å². The minimum absolute atomic E-state index is 0.00209. The Balaban J connectivity index is 1.09. The van der Waals surface area contributed by atoms with Gasteiger partial charge in [0.2, 0.25) is 0 Å². The number of hydrogen-bond donors (Lipinski definition) is 3. The molecule has 0 radical (unpaired) electrons. The largest absolute Gasteiger partial charge is 0.393 e. The van der Waals surface area contributed by atoms with Crippen molar-refractivity contribution in [1.82, 2.24) is 5.32 Å². The number of benzene rings is 1. The van der Waals surface area contributed by atoms with Crippen molar-refractivity contribution in [1.29, 1.82) is 0 Å². The highest BCUT2D eigenvalue weighted by Crippen LogP contribution is 2.88. The molecule has 198 valence electrons. The molecule has 1 saturated heterocycles. The summed E-state index contributed by atoms with van der Waals surface area (Å²) in [6.45, 7) is 9.12. The van der Waals surface area contributed by atoms with Crippen molar-refractivity contribution in [2.45, 2.75) is 103 Å². The first-order chi connectivity index (χ1) is 17.3. The molecule has 4 heteroatoms. The van der Waals surface area contributed by atoms with E-state index in [2.05, 4.69) is 56.4 Å². The quantitative estimate of drug-likeness (QED) is 0.542. The predicted molar refractivity (Wildman–Crippen MR) is 141 cm³/mol. The van der Waals surface area contributed by atoms with E-state index in [1.807, 2.05) is 0 Å². The lowest BCUT2D eigenvalue weighted by Gasteiger charge is -2.57. The molecule has 1 aromatic carbocycles. The van der Waals surface area contributed by atoms with Crippen LogP contribution in [0.15, 0.2) is 30.3 Å². The molecule has 2 spiro atoms. The molecule has 5 aliphatic carbocycles. The molecular weight excluding hydrogens is 446 g/mol. The van der Waals surface area contributed by atoms with E-state index in [1.165, 1.54) is 44.1 Å². The van der Waals surface area contributed by atoms with E-state index < -0.39 is 0 Å². The highest BCUT2D eigenvalue weighted by Gasteiger charge is 2.84. The molecule has 1 aliphatic heterocycles. The molecular formula is C32H47NO3. The van der Waals surface area contributed by atoms with E-state index in [4.69, 9.17) is 4.74 Å². The fourth-order valence-corrected chi connectivity index (χ4v) is 11.9. The fourth-order valence-electron chi connectivity index (χ4n) is 11.9. The Morgan fingerprint density at radius 3 is 2.42 bits per heavy atom. The molecule has 4 nitrogen and oxygen atoms in total. The summed E-state index contributed by atoms with van der Waals surface area (Å²) in [5.74, 6) is 3.35. The summed E-state index contributed by atoms with van der Waals surface area (Å²) < 4.78 is 6.76. The number of nitrogens with one attached hydrogen (secondary N) is 1. The van der Waals surface area contributed by atoms with Gasteiger partial charge >= 0.3 is 0 Å². The van der Waals surface area contributed by atoms with Crippen LogP contribution in [-0.2, 0) is 11.3 Å². The van der Waals surface area contributed by atoms with Crippen LogP contribution in [-0.4, -0.2) is 41.2 Å². The SMILES string of the molecule is CC1C(O)CCC23C1CCC1C4[C@@H](O)C5O[C@@H](CNCc6ccccc6)CCC5C4(C)CCC12C3C. The third kappa shape index (κ3) is 2.96. The van der Waals surface area contributed by atoms with Gasteiger partial charge in [0.05, 0.1) is 24.4 Å². The first-order valence-corrected chi connectivity index (χ1v) is 15.1. The van der Waals surface area contributed by atoms with Gasteiger partial charge in [0.15, 0.2) is 0 Å². The van der Waals surface area contributed by atoms with E-state index in [0.717, 1.165) is 31.8 Å². The lowest BCUT2D eigenvalue weighted by Crippen LogP contribution is -2.52. The van der Waals surface area contributed by atoms with Gasteiger partial charge in [0, 0.05) is 13.1 Å². The van der Waals surface area contributed by atoms with Crippen LogP contribution < -0.4 is 5.32 Å². The Labute approximate surface area is 217 Å². The molecule has 13 atom stereocenters. The molecule has 1 aromatic rings. The maximum atomic E-state index is 12.0. The summed E-state index contributed by atoms with van der Waals surface area (Å²) >= 11 is 0. The van der Waals surface area contributed by atoms with E-state index in [-0.39, 0.29) is 29.8 Å². The van der Waals surface area contributed by atoms with Crippen LogP contribution in [0.1, 0.15) is 77.7 Å². The van der Waals surface area contributed by atoms with Crippen LogP contribution in [0.4, 0.5) is 0 Å². The normalized spacial score (nSPS) is 55.0. The fraction of sp³-hybridized carbons (Fsp3) is 0.812. The molecule has 0 bridgehead atoms. The molecule has 0 amide bonds. The summed E-state index contributed by atoms with van der Waals surface area (Å²) in [6, 6.07) is 10.6. The Morgan fingerprint density at radius 2 is 1.61 bits per heavy atom.